The molecule has 2 aromatic rings. The Bertz CT molecular complexity index is 521. The number of hydrogen-bond donors (Lipinski definition) is 0. The predicted molar refractivity (Wildman–Crippen MR) is 71.6 cm³/mol. The van der Waals surface area contributed by atoms with Crippen molar-refractivity contribution < 1.29 is 4.79 Å². The topological polar surface area (TPSA) is 17.1 Å². The highest BCUT2D eigenvalue weighted by Gasteiger charge is 1.96. The van der Waals surface area contributed by atoms with Crippen LogP contribution in [0.2, 0.25) is 0 Å². The average molecular weight is 222 g/mol. The second-order valence-electron chi connectivity index (χ2n) is 3.99. The van der Waals surface area contributed by atoms with Gasteiger partial charge in [0.05, 0.1) is 0 Å². The Morgan fingerprint density at radius 2 is 1.47 bits per heavy atom. The van der Waals surface area contributed by atoms with Gasteiger partial charge in [-0.25, -0.2) is 0 Å². The van der Waals surface area contributed by atoms with E-state index in [2.05, 4.69) is 24.3 Å². The molecule has 0 unspecified atom stereocenters. The van der Waals surface area contributed by atoms with E-state index in [0.29, 0.717) is 0 Å². The van der Waals surface area contributed by atoms with E-state index < -0.39 is 0 Å². The smallest absolute Gasteiger partial charge is 0.145 e. The van der Waals surface area contributed by atoms with Crippen LogP contribution in [-0.4, -0.2) is 6.29 Å². The summed E-state index contributed by atoms with van der Waals surface area (Å²) in [6.07, 6.45) is 2.74. The molecule has 0 aliphatic carbocycles. The Morgan fingerprint density at radius 3 is 2.06 bits per heavy atom. The Balaban J connectivity index is 2.28. The Morgan fingerprint density at radius 1 is 0.882 bits per heavy atom. The molecule has 0 aliphatic rings. The van der Waals surface area contributed by atoms with Gasteiger partial charge in [0.15, 0.2) is 0 Å². The SMILES string of the molecule is C/C(C=O)=C\c1ccc(-c2ccccc2)cc1. The van der Waals surface area contributed by atoms with E-state index in [1.165, 1.54) is 11.1 Å². The van der Waals surface area contributed by atoms with E-state index >= 15 is 0 Å². The molecule has 0 aliphatic heterocycles. The molecule has 0 heterocycles. The third kappa shape index (κ3) is 2.91. The highest BCUT2D eigenvalue weighted by Crippen LogP contribution is 2.19. The van der Waals surface area contributed by atoms with Crippen LogP contribution in [0, 0.1) is 0 Å². The van der Waals surface area contributed by atoms with Gasteiger partial charge in [-0.2, -0.15) is 0 Å². The van der Waals surface area contributed by atoms with Crippen molar-refractivity contribution in [1.82, 2.24) is 0 Å². The number of carbonyl (C=O) groups is 1. The number of benzene rings is 2. The van der Waals surface area contributed by atoms with E-state index in [1.54, 1.807) is 6.92 Å². The van der Waals surface area contributed by atoms with Crippen LogP contribution in [0.5, 0.6) is 0 Å². The van der Waals surface area contributed by atoms with E-state index in [9.17, 15) is 4.79 Å². The minimum atomic E-state index is 0.734. The Labute approximate surface area is 101 Å². The molecule has 0 fully saturated rings. The molecule has 0 spiro atoms. The maximum Gasteiger partial charge on any atom is 0.145 e. The second kappa shape index (κ2) is 5.26. The third-order valence-electron chi connectivity index (χ3n) is 2.60. The molecule has 0 amide bonds. The summed E-state index contributed by atoms with van der Waals surface area (Å²) < 4.78 is 0. The van der Waals surface area contributed by atoms with Crippen molar-refractivity contribution in [3.05, 3.63) is 65.7 Å². The van der Waals surface area contributed by atoms with Gasteiger partial charge in [-0.15, -0.1) is 0 Å². The average Bonchev–Trinajstić information content (AvgIpc) is 2.40. The van der Waals surface area contributed by atoms with E-state index in [4.69, 9.17) is 0 Å². The lowest BCUT2D eigenvalue weighted by Crippen LogP contribution is -1.80. The first-order valence-corrected chi connectivity index (χ1v) is 5.58. The predicted octanol–water partition coefficient (Wildman–Crippen LogP) is 3.96. The normalized spacial score (nSPS) is 11.2. The van der Waals surface area contributed by atoms with Crippen LogP contribution >= 0.6 is 0 Å². The maximum atomic E-state index is 10.5. The summed E-state index contributed by atoms with van der Waals surface area (Å²) >= 11 is 0. The molecular formula is C16H14O. The van der Waals surface area contributed by atoms with Crippen LogP contribution in [0.3, 0.4) is 0 Å². The molecule has 0 bridgehead atoms. The van der Waals surface area contributed by atoms with Crippen LogP contribution in [0.4, 0.5) is 0 Å². The summed E-state index contributed by atoms with van der Waals surface area (Å²) in [5.41, 5.74) is 4.17. The molecule has 1 nitrogen and oxygen atoms in total. The molecule has 17 heavy (non-hydrogen) atoms. The summed E-state index contributed by atoms with van der Waals surface area (Å²) in [4.78, 5) is 10.5. The van der Waals surface area contributed by atoms with Gasteiger partial charge in [-0.05, 0) is 35.3 Å². The lowest BCUT2D eigenvalue weighted by Gasteiger charge is -2.02. The van der Waals surface area contributed by atoms with Gasteiger partial charge in [0.1, 0.15) is 6.29 Å². The Kier molecular flexibility index (Phi) is 3.51. The summed E-state index contributed by atoms with van der Waals surface area (Å²) in [7, 11) is 0. The fourth-order valence-corrected chi connectivity index (χ4v) is 1.70. The standard InChI is InChI=1S/C16H14O/c1-13(12-17)11-14-7-9-16(10-8-14)15-5-3-2-4-6-15/h2-12H,1H3/b13-11+. The molecule has 0 aromatic heterocycles. The monoisotopic (exact) mass is 222 g/mol. The number of allylic oxidation sites excluding steroid dienone is 1. The van der Waals surface area contributed by atoms with E-state index in [-0.39, 0.29) is 0 Å². The maximum absolute atomic E-state index is 10.5. The zero-order valence-electron chi connectivity index (χ0n) is 9.76. The quantitative estimate of drug-likeness (QED) is 0.567. The largest absolute Gasteiger partial charge is 0.298 e. The molecule has 0 saturated heterocycles. The summed E-state index contributed by atoms with van der Waals surface area (Å²) in [6.45, 7) is 1.80. The minimum absolute atomic E-state index is 0.734. The lowest BCUT2D eigenvalue weighted by atomic mass is 10.0. The van der Waals surface area contributed by atoms with Crippen LogP contribution in [-0.2, 0) is 4.79 Å². The van der Waals surface area contributed by atoms with Gasteiger partial charge < -0.3 is 0 Å². The first-order chi connectivity index (χ1) is 8.29. The Hall–Kier alpha value is -2.15. The van der Waals surface area contributed by atoms with Crippen LogP contribution in [0.25, 0.3) is 17.2 Å². The van der Waals surface area contributed by atoms with Crippen molar-refractivity contribution in [3.8, 4) is 11.1 Å². The summed E-state index contributed by atoms with van der Waals surface area (Å²) in [6, 6.07) is 18.4. The van der Waals surface area contributed by atoms with Crippen molar-refractivity contribution in [3.63, 3.8) is 0 Å². The van der Waals surface area contributed by atoms with Gasteiger partial charge in [-0.3, -0.25) is 4.79 Å². The van der Waals surface area contributed by atoms with Crippen molar-refractivity contribution in [1.29, 1.82) is 0 Å². The van der Waals surface area contributed by atoms with Crippen LogP contribution in [0.15, 0.2) is 60.2 Å². The zero-order valence-corrected chi connectivity index (χ0v) is 9.76. The fourth-order valence-electron chi connectivity index (χ4n) is 1.70. The van der Waals surface area contributed by atoms with Crippen LogP contribution < -0.4 is 0 Å². The highest BCUT2D eigenvalue weighted by molar-refractivity contribution is 5.81. The molecule has 0 saturated carbocycles. The van der Waals surface area contributed by atoms with Crippen molar-refractivity contribution >= 4 is 12.4 Å². The number of rotatable bonds is 3. The number of aldehydes is 1. The third-order valence-corrected chi connectivity index (χ3v) is 2.60. The van der Waals surface area contributed by atoms with Crippen molar-refractivity contribution in [2.75, 3.05) is 0 Å². The molecule has 1 heteroatoms. The van der Waals surface area contributed by atoms with Crippen molar-refractivity contribution in [2.24, 2.45) is 0 Å². The minimum Gasteiger partial charge on any atom is -0.298 e. The second-order valence-corrected chi connectivity index (χ2v) is 3.99. The first-order valence-electron chi connectivity index (χ1n) is 5.58. The molecule has 84 valence electrons. The molecule has 2 aromatic carbocycles. The number of carbonyl (C=O) groups excluding carboxylic acids is 1. The van der Waals surface area contributed by atoms with Crippen LogP contribution in [0.1, 0.15) is 12.5 Å². The first kappa shape index (κ1) is 11.3. The zero-order chi connectivity index (χ0) is 12.1. The fraction of sp³-hybridized carbons (Fsp3) is 0.0625. The summed E-state index contributed by atoms with van der Waals surface area (Å²) in [5, 5.41) is 0. The molecule has 0 atom stereocenters. The molecule has 0 N–H and O–H groups in total. The van der Waals surface area contributed by atoms with Gasteiger partial charge in [0, 0.05) is 0 Å². The van der Waals surface area contributed by atoms with Gasteiger partial charge in [0.25, 0.3) is 0 Å². The molecule has 2 rings (SSSR count). The lowest BCUT2D eigenvalue weighted by molar-refractivity contribution is -0.104. The van der Waals surface area contributed by atoms with E-state index in [0.717, 1.165) is 17.4 Å². The van der Waals surface area contributed by atoms with Gasteiger partial charge >= 0.3 is 0 Å². The van der Waals surface area contributed by atoms with Crippen molar-refractivity contribution in [2.45, 2.75) is 6.92 Å². The van der Waals surface area contributed by atoms with Gasteiger partial charge in [0.2, 0.25) is 0 Å². The summed E-state index contributed by atoms with van der Waals surface area (Å²) in [5.74, 6) is 0. The molecular weight excluding hydrogens is 208 g/mol. The van der Waals surface area contributed by atoms with E-state index in [1.807, 2.05) is 36.4 Å². The highest BCUT2D eigenvalue weighted by atomic mass is 16.1. The molecule has 0 radical (unpaired) electrons. The number of hydrogen-bond acceptors (Lipinski definition) is 1. The van der Waals surface area contributed by atoms with Gasteiger partial charge in [-0.1, -0.05) is 54.6 Å².